The second kappa shape index (κ2) is 9.51. The number of carbonyl (C=O) groups is 1. The van der Waals surface area contributed by atoms with Gasteiger partial charge in [-0.2, -0.15) is 0 Å². The highest BCUT2D eigenvalue weighted by Gasteiger charge is 2.18. The summed E-state index contributed by atoms with van der Waals surface area (Å²) in [5.74, 6) is -2.39. The van der Waals surface area contributed by atoms with E-state index >= 15 is 0 Å². The van der Waals surface area contributed by atoms with Crippen LogP contribution in [0.15, 0.2) is 67.1 Å². The first-order chi connectivity index (χ1) is 14.5. The van der Waals surface area contributed by atoms with Gasteiger partial charge in [0, 0.05) is 17.8 Å². The summed E-state index contributed by atoms with van der Waals surface area (Å²) < 4.78 is 48.5. The van der Waals surface area contributed by atoms with Gasteiger partial charge in [-0.3, -0.25) is 0 Å². The Hall–Kier alpha value is -3.94. The monoisotopic (exact) mass is 413 g/mol. The molecule has 30 heavy (non-hydrogen) atoms. The molecule has 0 spiro atoms. The van der Waals surface area contributed by atoms with Gasteiger partial charge < -0.3 is 18.9 Å². The summed E-state index contributed by atoms with van der Waals surface area (Å²) in [7, 11) is 2.66. The fraction of sp³-hybridized carbons (Fsp3) is 0.0909. The van der Waals surface area contributed by atoms with Crippen LogP contribution in [0.25, 0.3) is 5.57 Å². The molecule has 0 amide bonds. The van der Waals surface area contributed by atoms with Crippen LogP contribution >= 0.6 is 0 Å². The van der Waals surface area contributed by atoms with Crippen LogP contribution in [-0.2, 0) is 14.3 Å². The average Bonchev–Trinajstić information content (AvgIpc) is 2.75. The predicted octanol–water partition coefficient (Wildman–Crippen LogP) is 5.10. The molecule has 0 saturated carbocycles. The van der Waals surface area contributed by atoms with Crippen molar-refractivity contribution in [3.63, 3.8) is 0 Å². The molecule has 3 aromatic rings. The van der Waals surface area contributed by atoms with Gasteiger partial charge in [0.2, 0.25) is 11.6 Å². The van der Waals surface area contributed by atoms with Gasteiger partial charge in [0.05, 0.1) is 20.5 Å². The molecular weight excluding hydrogens is 396 g/mol. The van der Waals surface area contributed by atoms with Crippen molar-refractivity contribution in [2.45, 2.75) is 0 Å². The number of hydrogen-bond acceptors (Lipinski definition) is 6. The Kier molecular flexibility index (Phi) is 6.59. The molecule has 0 aliphatic heterocycles. The maximum Gasteiger partial charge on any atom is 0.341 e. The summed E-state index contributed by atoms with van der Waals surface area (Å²) in [5, 5.41) is 0. The standard InChI is InChI=1S/C22H17F2NO5/c1-27-13-16(22(26)28-2)15-6-3-4-9-19(15)29-14-10-11-25-20(12-14)30-21-17(23)7-5-8-18(21)24/h3-13H,1-2H3/b16-13+. The third kappa shape index (κ3) is 4.72. The summed E-state index contributed by atoms with van der Waals surface area (Å²) in [6, 6.07) is 13.0. The predicted molar refractivity (Wildman–Crippen MR) is 104 cm³/mol. The van der Waals surface area contributed by atoms with Crippen LogP contribution in [0.3, 0.4) is 0 Å². The lowest BCUT2D eigenvalue weighted by atomic mass is 10.1. The van der Waals surface area contributed by atoms with E-state index in [2.05, 4.69) is 4.98 Å². The molecule has 1 aromatic heterocycles. The van der Waals surface area contributed by atoms with Crippen LogP contribution in [0.2, 0.25) is 0 Å². The van der Waals surface area contributed by atoms with E-state index in [4.69, 9.17) is 18.9 Å². The smallest absolute Gasteiger partial charge is 0.341 e. The molecule has 0 unspecified atom stereocenters. The number of para-hydroxylation sites is 2. The third-order valence-electron chi connectivity index (χ3n) is 3.88. The number of rotatable bonds is 7. The van der Waals surface area contributed by atoms with Crippen LogP contribution < -0.4 is 9.47 Å². The Bertz CT molecular complexity index is 1060. The zero-order valence-electron chi connectivity index (χ0n) is 16.1. The highest BCUT2D eigenvalue weighted by atomic mass is 19.1. The SMILES string of the molecule is CO/C=C(/C(=O)OC)c1ccccc1Oc1ccnc(Oc2c(F)cccc2F)c1. The lowest BCUT2D eigenvalue weighted by Gasteiger charge is -2.13. The van der Waals surface area contributed by atoms with Crippen molar-refractivity contribution in [3.05, 3.63) is 84.3 Å². The largest absolute Gasteiger partial charge is 0.503 e. The summed E-state index contributed by atoms with van der Waals surface area (Å²) in [6.45, 7) is 0. The number of halogens is 2. The molecular formula is C22H17F2NO5. The molecule has 0 atom stereocenters. The van der Waals surface area contributed by atoms with Crippen LogP contribution in [0.4, 0.5) is 8.78 Å². The molecule has 0 radical (unpaired) electrons. The van der Waals surface area contributed by atoms with Gasteiger partial charge in [-0.05, 0) is 24.3 Å². The van der Waals surface area contributed by atoms with Gasteiger partial charge in [0.25, 0.3) is 0 Å². The van der Waals surface area contributed by atoms with Crippen LogP contribution in [0, 0.1) is 11.6 Å². The molecule has 3 rings (SSSR count). The molecule has 154 valence electrons. The number of aromatic nitrogens is 1. The maximum absolute atomic E-state index is 13.8. The van der Waals surface area contributed by atoms with E-state index < -0.39 is 23.4 Å². The molecule has 0 fully saturated rings. The maximum atomic E-state index is 13.8. The molecule has 8 heteroatoms. The van der Waals surface area contributed by atoms with Crippen molar-refractivity contribution < 1.29 is 32.5 Å². The van der Waals surface area contributed by atoms with E-state index in [1.54, 1.807) is 24.3 Å². The molecule has 0 N–H and O–H groups in total. The Morgan fingerprint density at radius 2 is 1.70 bits per heavy atom. The fourth-order valence-electron chi connectivity index (χ4n) is 2.55. The zero-order valence-corrected chi connectivity index (χ0v) is 16.1. The minimum atomic E-state index is -0.860. The molecule has 0 bridgehead atoms. The van der Waals surface area contributed by atoms with E-state index in [-0.39, 0.29) is 17.2 Å². The summed E-state index contributed by atoms with van der Waals surface area (Å²) in [5.41, 5.74) is 0.570. The summed E-state index contributed by atoms with van der Waals surface area (Å²) in [4.78, 5) is 16.0. The van der Waals surface area contributed by atoms with E-state index in [0.29, 0.717) is 11.3 Å². The number of methoxy groups -OCH3 is 2. The molecule has 1 heterocycles. The van der Waals surface area contributed by atoms with Crippen molar-refractivity contribution in [2.75, 3.05) is 14.2 Å². The second-order valence-corrected chi connectivity index (χ2v) is 5.84. The van der Waals surface area contributed by atoms with Gasteiger partial charge in [-0.25, -0.2) is 18.6 Å². The zero-order chi connectivity index (χ0) is 21.5. The number of ether oxygens (including phenoxy) is 4. The van der Waals surface area contributed by atoms with Gasteiger partial charge >= 0.3 is 5.97 Å². The van der Waals surface area contributed by atoms with E-state index in [1.807, 2.05) is 0 Å². The van der Waals surface area contributed by atoms with Gasteiger partial charge in [0.15, 0.2) is 11.6 Å². The fourth-order valence-corrected chi connectivity index (χ4v) is 2.55. The van der Waals surface area contributed by atoms with Crippen molar-refractivity contribution in [1.82, 2.24) is 4.98 Å². The topological polar surface area (TPSA) is 66.9 Å². The first kappa shape index (κ1) is 20.8. The highest BCUT2D eigenvalue weighted by molar-refractivity contribution is 6.17. The van der Waals surface area contributed by atoms with Crippen molar-refractivity contribution >= 4 is 11.5 Å². The first-order valence-corrected chi connectivity index (χ1v) is 8.70. The molecule has 2 aromatic carbocycles. The third-order valence-corrected chi connectivity index (χ3v) is 3.88. The van der Waals surface area contributed by atoms with E-state index in [9.17, 15) is 13.6 Å². The Balaban J connectivity index is 1.91. The molecule has 0 aliphatic carbocycles. The number of hydrogen-bond donors (Lipinski definition) is 0. The lowest BCUT2D eigenvalue weighted by Crippen LogP contribution is -2.05. The molecule has 6 nitrogen and oxygen atoms in total. The number of nitrogens with zero attached hydrogens (tertiary/aromatic N) is 1. The van der Waals surface area contributed by atoms with Gasteiger partial charge in [-0.15, -0.1) is 0 Å². The number of esters is 1. The summed E-state index contributed by atoms with van der Waals surface area (Å²) in [6.07, 6.45) is 2.61. The van der Waals surface area contributed by atoms with Crippen LogP contribution in [0.5, 0.6) is 23.1 Å². The van der Waals surface area contributed by atoms with E-state index in [0.717, 1.165) is 12.1 Å². The minimum absolute atomic E-state index is 0.0744. The lowest BCUT2D eigenvalue weighted by molar-refractivity contribution is -0.133. The van der Waals surface area contributed by atoms with E-state index in [1.165, 1.54) is 44.9 Å². The van der Waals surface area contributed by atoms with Crippen molar-refractivity contribution in [2.24, 2.45) is 0 Å². The Labute approximate surface area is 171 Å². The van der Waals surface area contributed by atoms with Gasteiger partial charge in [0.1, 0.15) is 17.1 Å². The average molecular weight is 413 g/mol. The Morgan fingerprint density at radius 1 is 0.967 bits per heavy atom. The summed E-state index contributed by atoms with van der Waals surface area (Å²) >= 11 is 0. The van der Waals surface area contributed by atoms with Crippen molar-refractivity contribution in [3.8, 4) is 23.1 Å². The number of pyridine rings is 1. The van der Waals surface area contributed by atoms with Gasteiger partial charge in [-0.1, -0.05) is 24.3 Å². The first-order valence-electron chi connectivity index (χ1n) is 8.70. The quantitative estimate of drug-likeness (QED) is 0.305. The van der Waals surface area contributed by atoms with Crippen LogP contribution in [-0.4, -0.2) is 25.2 Å². The number of carbonyl (C=O) groups excluding carboxylic acids is 1. The second-order valence-electron chi connectivity index (χ2n) is 5.84. The highest BCUT2D eigenvalue weighted by Crippen LogP contribution is 2.33. The number of benzene rings is 2. The normalized spacial score (nSPS) is 11.0. The van der Waals surface area contributed by atoms with Crippen LogP contribution in [0.1, 0.15) is 5.56 Å². The van der Waals surface area contributed by atoms with Crippen molar-refractivity contribution in [1.29, 1.82) is 0 Å². The minimum Gasteiger partial charge on any atom is -0.503 e. The molecule has 0 saturated heterocycles. The molecule has 0 aliphatic rings. The Morgan fingerprint density at radius 3 is 2.40 bits per heavy atom.